The Kier molecular flexibility index (Phi) is 6.05. The van der Waals surface area contributed by atoms with Crippen LogP contribution in [0.25, 0.3) is 0 Å². The summed E-state index contributed by atoms with van der Waals surface area (Å²) >= 11 is 0. The molecule has 1 aromatic heterocycles. The number of amides is 1. The first kappa shape index (κ1) is 18.4. The standard InChI is InChI=1S/C18H22N4O3/c1-4-21(5-2)18(23)14-9-10-16(17(12-14)22(24)25)20-13(3)15-8-6-7-11-19-15/h6-13,20H,4-5H2,1-3H3/t13-/m1/s1. The number of nitro benzene ring substituents is 1. The van der Waals surface area contributed by atoms with Crippen LogP contribution in [0.1, 0.15) is 42.9 Å². The van der Waals surface area contributed by atoms with E-state index in [-0.39, 0.29) is 17.6 Å². The van der Waals surface area contributed by atoms with Gasteiger partial charge in [0.2, 0.25) is 0 Å². The molecule has 0 spiro atoms. The first-order chi connectivity index (χ1) is 12.0. The maximum Gasteiger partial charge on any atom is 0.293 e. The number of rotatable bonds is 7. The second-order valence-corrected chi connectivity index (χ2v) is 5.59. The van der Waals surface area contributed by atoms with Gasteiger partial charge in [-0.05, 0) is 45.0 Å². The van der Waals surface area contributed by atoms with Crippen LogP contribution in [0.3, 0.4) is 0 Å². The number of carbonyl (C=O) groups excluding carboxylic acids is 1. The molecule has 2 rings (SSSR count). The van der Waals surface area contributed by atoms with Crippen molar-refractivity contribution in [2.24, 2.45) is 0 Å². The fraction of sp³-hybridized carbons (Fsp3) is 0.333. The van der Waals surface area contributed by atoms with Crippen LogP contribution in [0.5, 0.6) is 0 Å². The molecule has 0 fully saturated rings. The molecule has 0 bridgehead atoms. The Labute approximate surface area is 146 Å². The van der Waals surface area contributed by atoms with Crippen LogP contribution in [0.15, 0.2) is 42.6 Å². The fourth-order valence-corrected chi connectivity index (χ4v) is 2.57. The summed E-state index contributed by atoms with van der Waals surface area (Å²) in [4.78, 5) is 29.3. The van der Waals surface area contributed by atoms with Crippen molar-refractivity contribution in [2.75, 3.05) is 18.4 Å². The van der Waals surface area contributed by atoms with Gasteiger partial charge in [-0.1, -0.05) is 6.07 Å². The molecule has 132 valence electrons. The minimum Gasteiger partial charge on any atom is -0.371 e. The first-order valence-corrected chi connectivity index (χ1v) is 8.23. The predicted molar refractivity (Wildman–Crippen MR) is 96.6 cm³/mol. The number of nitrogens with zero attached hydrogens (tertiary/aromatic N) is 3. The van der Waals surface area contributed by atoms with E-state index in [9.17, 15) is 14.9 Å². The average Bonchev–Trinajstić information content (AvgIpc) is 2.63. The molecule has 25 heavy (non-hydrogen) atoms. The van der Waals surface area contributed by atoms with Gasteiger partial charge in [0.15, 0.2) is 0 Å². The van der Waals surface area contributed by atoms with E-state index < -0.39 is 4.92 Å². The highest BCUT2D eigenvalue weighted by atomic mass is 16.6. The summed E-state index contributed by atoms with van der Waals surface area (Å²) in [6.45, 7) is 6.74. The number of pyridine rings is 1. The molecule has 0 radical (unpaired) electrons. The monoisotopic (exact) mass is 342 g/mol. The molecule has 0 aliphatic carbocycles. The highest BCUT2D eigenvalue weighted by Crippen LogP contribution is 2.29. The Hall–Kier alpha value is -2.96. The van der Waals surface area contributed by atoms with Crippen molar-refractivity contribution in [3.05, 3.63) is 64.0 Å². The lowest BCUT2D eigenvalue weighted by molar-refractivity contribution is -0.384. The van der Waals surface area contributed by atoms with Gasteiger partial charge in [-0.3, -0.25) is 19.9 Å². The van der Waals surface area contributed by atoms with E-state index in [4.69, 9.17) is 0 Å². The second-order valence-electron chi connectivity index (χ2n) is 5.59. The van der Waals surface area contributed by atoms with Crippen LogP contribution in [0.4, 0.5) is 11.4 Å². The molecule has 1 atom stereocenters. The van der Waals surface area contributed by atoms with Crippen molar-refractivity contribution >= 4 is 17.3 Å². The molecule has 0 saturated carbocycles. The van der Waals surface area contributed by atoms with Gasteiger partial charge < -0.3 is 10.2 Å². The minimum absolute atomic E-state index is 0.124. The van der Waals surface area contributed by atoms with Crippen molar-refractivity contribution < 1.29 is 9.72 Å². The number of carbonyl (C=O) groups is 1. The maximum absolute atomic E-state index is 12.4. The predicted octanol–water partition coefficient (Wildman–Crippen LogP) is 3.64. The van der Waals surface area contributed by atoms with Crippen molar-refractivity contribution in [3.8, 4) is 0 Å². The lowest BCUT2D eigenvalue weighted by atomic mass is 10.1. The number of nitrogens with one attached hydrogen (secondary N) is 1. The first-order valence-electron chi connectivity index (χ1n) is 8.23. The molecule has 1 N–H and O–H groups in total. The van der Waals surface area contributed by atoms with Crippen molar-refractivity contribution in [1.82, 2.24) is 9.88 Å². The largest absolute Gasteiger partial charge is 0.371 e. The summed E-state index contributed by atoms with van der Waals surface area (Å²) < 4.78 is 0. The van der Waals surface area contributed by atoms with E-state index in [1.807, 2.05) is 39.0 Å². The molecule has 0 aliphatic heterocycles. The van der Waals surface area contributed by atoms with E-state index in [1.54, 1.807) is 23.2 Å². The highest BCUT2D eigenvalue weighted by Gasteiger charge is 2.21. The van der Waals surface area contributed by atoms with Gasteiger partial charge >= 0.3 is 0 Å². The van der Waals surface area contributed by atoms with Crippen LogP contribution in [0.2, 0.25) is 0 Å². The van der Waals surface area contributed by atoms with Gasteiger partial charge in [-0.15, -0.1) is 0 Å². The quantitative estimate of drug-likeness (QED) is 0.613. The molecule has 0 aliphatic rings. The third-order valence-electron chi connectivity index (χ3n) is 4.00. The van der Waals surface area contributed by atoms with Crippen LogP contribution < -0.4 is 5.32 Å². The van der Waals surface area contributed by atoms with Gasteiger partial charge in [0.05, 0.1) is 16.7 Å². The van der Waals surface area contributed by atoms with Crippen molar-refractivity contribution in [2.45, 2.75) is 26.8 Å². The smallest absolute Gasteiger partial charge is 0.293 e. The topological polar surface area (TPSA) is 88.4 Å². The number of aromatic nitrogens is 1. The summed E-state index contributed by atoms with van der Waals surface area (Å²) in [6, 6.07) is 9.84. The van der Waals surface area contributed by atoms with Crippen LogP contribution in [-0.4, -0.2) is 33.8 Å². The Bertz CT molecular complexity index is 745. The maximum atomic E-state index is 12.4. The number of hydrogen-bond acceptors (Lipinski definition) is 5. The van der Waals surface area contributed by atoms with E-state index in [0.717, 1.165) is 5.69 Å². The fourth-order valence-electron chi connectivity index (χ4n) is 2.57. The second kappa shape index (κ2) is 8.23. The number of benzene rings is 1. The summed E-state index contributed by atoms with van der Waals surface area (Å²) in [5, 5.41) is 14.6. The zero-order valence-electron chi connectivity index (χ0n) is 14.6. The molecule has 1 heterocycles. The van der Waals surface area contributed by atoms with Crippen LogP contribution in [0, 0.1) is 10.1 Å². The molecular formula is C18H22N4O3. The number of hydrogen-bond donors (Lipinski definition) is 1. The Morgan fingerprint density at radius 3 is 2.56 bits per heavy atom. The molecule has 2 aromatic rings. The Balaban J connectivity index is 2.30. The lowest BCUT2D eigenvalue weighted by Gasteiger charge is -2.19. The van der Waals surface area contributed by atoms with Gasteiger partial charge in [-0.2, -0.15) is 0 Å². The third-order valence-corrected chi connectivity index (χ3v) is 4.00. The lowest BCUT2D eigenvalue weighted by Crippen LogP contribution is -2.30. The molecule has 1 amide bonds. The van der Waals surface area contributed by atoms with E-state index in [2.05, 4.69) is 10.3 Å². The van der Waals surface area contributed by atoms with Crippen molar-refractivity contribution in [3.63, 3.8) is 0 Å². The average molecular weight is 342 g/mol. The molecule has 1 aromatic carbocycles. The highest BCUT2D eigenvalue weighted by molar-refractivity contribution is 5.95. The third kappa shape index (κ3) is 4.32. The Morgan fingerprint density at radius 2 is 2.00 bits per heavy atom. The molecular weight excluding hydrogens is 320 g/mol. The van der Waals surface area contributed by atoms with E-state index >= 15 is 0 Å². The van der Waals surface area contributed by atoms with Gasteiger partial charge in [-0.25, -0.2) is 0 Å². The van der Waals surface area contributed by atoms with Gasteiger partial charge in [0.1, 0.15) is 5.69 Å². The SMILES string of the molecule is CCN(CC)C(=O)c1ccc(N[C@H](C)c2ccccn2)c([N+](=O)[O-])c1. The minimum atomic E-state index is -0.480. The van der Waals surface area contributed by atoms with Gasteiger partial charge in [0.25, 0.3) is 11.6 Å². The molecule has 7 nitrogen and oxygen atoms in total. The van der Waals surface area contributed by atoms with Gasteiger partial charge in [0, 0.05) is 30.9 Å². The number of anilines is 1. The van der Waals surface area contributed by atoms with Crippen LogP contribution >= 0.6 is 0 Å². The summed E-state index contributed by atoms with van der Waals surface area (Å²) in [7, 11) is 0. The van der Waals surface area contributed by atoms with Crippen LogP contribution in [-0.2, 0) is 0 Å². The molecule has 0 unspecified atom stereocenters. The van der Waals surface area contributed by atoms with E-state index in [0.29, 0.717) is 24.3 Å². The molecule has 0 saturated heterocycles. The summed E-state index contributed by atoms with van der Waals surface area (Å²) in [6.07, 6.45) is 1.67. The normalized spacial score (nSPS) is 11.6. The van der Waals surface area contributed by atoms with Crippen molar-refractivity contribution in [1.29, 1.82) is 0 Å². The zero-order valence-corrected chi connectivity index (χ0v) is 14.6. The van der Waals surface area contributed by atoms with E-state index in [1.165, 1.54) is 6.07 Å². The Morgan fingerprint density at radius 1 is 1.28 bits per heavy atom. The molecule has 7 heteroatoms. The number of nitro groups is 1. The summed E-state index contributed by atoms with van der Waals surface area (Å²) in [5.74, 6) is -0.211. The zero-order chi connectivity index (χ0) is 18.4. The summed E-state index contributed by atoms with van der Waals surface area (Å²) in [5.41, 5.74) is 1.33.